The molecule has 1 aromatic carbocycles. The molecule has 1 saturated carbocycles. The van der Waals surface area contributed by atoms with Crippen molar-refractivity contribution in [2.75, 3.05) is 14.1 Å². The summed E-state index contributed by atoms with van der Waals surface area (Å²) in [5, 5.41) is 58.6. The number of primary amides is 1. The Morgan fingerprint density at radius 1 is 1.14 bits per heavy atom. The van der Waals surface area contributed by atoms with Crippen LogP contribution >= 0.6 is 11.3 Å². The summed E-state index contributed by atoms with van der Waals surface area (Å²) < 4.78 is 0. The van der Waals surface area contributed by atoms with Crippen molar-refractivity contribution >= 4 is 34.6 Å². The van der Waals surface area contributed by atoms with Crippen LogP contribution in [0, 0.1) is 11.8 Å². The van der Waals surface area contributed by atoms with E-state index in [-0.39, 0.29) is 11.3 Å². The molecule has 1 heterocycles. The average Bonchev–Trinajstić information content (AvgIpc) is 3.35. The van der Waals surface area contributed by atoms with Gasteiger partial charge in [0.1, 0.15) is 22.8 Å². The lowest BCUT2D eigenvalue weighted by Gasteiger charge is -2.53. The third kappa shape index (κ3) is 3.11. The normalized spacial score (nSPS) is 31.4. The van der Waals surface area contributed by atoms with E-state index in [4.69, 9.17) is 5.73 Å². The summed E-state index contributed by atoms with van der Waals surface area (Å²) in [6, 6.07) is 5.57. The van der Waals surface area contributed by atoms with Crippen molar-refractivity contribution in [1.29, 1.82) is 0 Å². The van der Waals surface area contributed by atoms with Crippen LogP contribution in [0.25, 0.3) is 16.2 Å². The molecule has 7 N–H and O–H groups in total. The fourth-order valence-electron chi connectivity index (χ4n) is 6.25. The number of ketones is 2. The minimum atomic E-state index is -2.93. The number of thiophene rings is 1. The van der Waals surface area contributed by atoms with Crippen molar-refractivity contribution in [1.82, 2.24) is 4.90 Å². The number of benzene rings is 1. The van der Waals surface area contributed by atoms with Crippen molar-refractivity contribution in [3.8, 4) is 16.2 Å². The lowest BCUT2D eigenvalue weighted by atomic mass is 9.54. The number of amides is 1. The summed E-state index contributed by atoms with van der Waals surface area (Å²) >= 11 is 1.36. The Balaban J connectivity index is 1.80. The topological polar surface area (TPSA) is 182 Å². The zero-order valence-electron chi connectivity index (χ0n) is 20.2. The van der Waals surface area contributed by atoms with Gasteiger partial charge >= 0.3 is 0 Å². The summed E-state index contributed by atoms with van der Waals surface area (Å²) in [6.45, 7) is 1.70. The first-order chi connectivity index (χ1) is 17.3. The quantitative estimate of drug-likeness (QED) is 0.320. The van der Waals surface area contributed by atoms with Crippen LogP contribution in [0.2, 0.25) is 0 Å². The number of hydrogen-bond acceptors (Lipinski definition) is 10. The first-order valence-corrected chi connectivity index (χ1v) is 12.5. The highest BCUT2D eigenvalue weighted by Crippen LogP contribution is 2.57. The van der Waals surface area contributed by atoms with Crippen molar-refractivity contribution in [3.05, 3.63) is 57.7 Å². The van der Waals surface area contributed by atoms with Gasteiger partial charge in [0.05, 0.1) is 23.6 Å². The number of phenols is 1. The predicted octanol–water partition coefficient (Wildman–Crippen LogP) is 1.22. The highest BCUT2D eigenvalue weighted by Gasteiger charge is 2.68. The van der Waals surface area contributed by atoms with Gasteiger partial charge in [0, 0.05) is 21.9 Å². The number of hydrogen-bond donors (Lipinski definition) is 6. The summed E-state index contributed by atoms with van der Waals surface area (Å²) in [5.74, 6) is -8.96. The van der Waals surface area contributed by atoms with E-state index in [0.717, 1.165) is 0 Å². The van der Waals surface area contributed by atoms with E-state index in [1.165, 1.54) is 30.3 Å². The fraction of sp³-hybridized carbons (Fsp3) is 0.346. The Bertz CT molecular complexity index is 1430. The molecule has 0 bridgehead atoms. The van der Waals surface area contributed by atoms with Crippen LogP contribution < -0.4 is 5.73 Å². The summed E-state index contributed by atoms with van der Waals surface area (Å²) in [5.41, 5.74) is 1.90. The monoisotopic (exact) mass is 526 g/mol. The van der Waals surface area contributed by atoms with Crippen LogP contribution in [0.1, 0.15) is 24.0 Å². The van der Waals surface area contributed by atoms with Crippen LogP contribution in [0.3, 0.4) is 0 Å². The average molecular weight is 527 g/mol. The van der Waals surface area contributed by atoms with E-state index in [0.29, 0.717) is 16.0 Å². The van der Waals surface area contributed by atoms with Crippen molar-refractivity contribution in [3.63, 3.8) is 0 Å². The van der Waals surface area contributed by atoms with Crippen LogP contribution in [0.15, 0.2) is 46.6 Å². The SMILES string of the molecule is CC1c2ccc(-c3cccs3)c(O)c2C(O)=C2C(=O)C3(O)C(O)=C(C(N)=O)C(=O)C(N(C)C)C3C(O)C21. The van der Waals surface area contributed by atoms with E-state index < -0.39 is 75.6 Å². The van der Waals surface area contributed by atoms with Crippen LogP contribution in [-0.4, -0.2) is 79.7 Å². The largest absolute Gasteiger partial charge is 0.508 e. The molecule has 3 aliphatic carbocycles. The molecule has 1 amide bonds. The van der Waals surface area contributed by atoms with Crippen molar-refractivity contribution < 1.29 is 39.9 Å². The lowest BCUT2D eigenvalue weighted by Crippen LogP contribution is -2.70. The molecule has 37 heavy (non-hydrogen) atoms. The summed E-state index contributed by atoms with van der Waals surface area (Å²) in [7, 11) is 2.93. The lowest BCUT2D eigenvalue weighted by molar-refractivity contribution is -0.169. The first kappa shape index (κ1) is 25.2. The number of aromatic hydroxyl groups is 1. The van der Waals surface area contributed by atoms with E-state index in [9.17, 15) is 39.9 Å². The number of nitrogens with two attached hydrogens (primary N) is 1. The molecule has 0 aliphatic heterocycles. The van der Waals surface area contributed by atoms with Gasteiger partial charge in [-0.1, -0.05) is 19.1 Å². The number of aliphatic hydroxyl groups is 4. The van der Waals surface area contributed by atoms with Crippen LogP contribution in [-0.2, 0) is 14.4 Å². The number of aliphatic hydroxyl groups excluding tert-OH is 3. The Morgan fingerprint density at radius 3 is 2.38 bits per heavy atom. The molecule has 10 nitrogen and oxygen atoms in total. The minimum Gasteiger partial charge on any atom is -0.508 e. The number of rotatable bonds is 3. The van der Waals surface area contributed by atoms with Gasteiger partial charge in [-0.05, 0) is 43.1 Å². The number of Topliss-reactive ketones (excluding diaryl/α,β-unsaturated/α-hetero) is 2. The molecule has 6 unspecified atom stereocenters. The fourth-order valence-corrected chi connectivity index (χ4v) is 7.00. The van der Waals surface area contributed by atoms with Crippen molar-refractivity contribution in [2.45, 2.75) is 30.6 Å². The number of carbonyl (C=O) groups is 3. The second-order valence-corrected chi connectivity index (χ2v) is 10.9. The molecule has 1 fully saturated rings. The zero-order chi connectivity index (χ0) is 27.1. The van der Waals surface area contributed by atoms with Crippen LogP contribution in [0.4, 0.5) is 0 Å². The Morgan fingerprint density at radius 2 is 1.81 bits per heavy atom. The molecule has 1 aromatic heterocycles. The van der Waals surface area contributed by atoms with Gasteiger partial charge in [-0.3, -0.25) is 19.3 Å². The zero-order valence-corrected chi connectivity index (χ0v) is 21.0. The second-order valence-electron chi connectivity index (χ2n) is 9.95. The van der Waals surface area contributed by atoms with E-state index in [1.807, 2.05) is 5.38 Å². The Hall–Kier alpha value is -3.51. The molecule has 0 radical (unpaired) electrons. The molecular weight excluding hydrogens is 500 g/mol. The molecule has 6 atom stereocenters. The van der Waals surface area contributed by atoms with Gasteiger partial charge in [0.15, 0.2) is 11.4 Å². The molecule has 5 rings (SSSR count). The number of likely N-dealkylation sites (N-methyl/N-ethyl adjacent to an activating group) is 1. The molecule has 11 heteroatoms. The maximum absolute atomic E-state index is 14.0. The van der Waals surface area contributed by atoms with Gasteiger partial charge in [-0.25, -0.2) is 0 Å². The van der Waals surface area contributed by atoms with Crippen molar-refractivity contribution in [2.24, 2.45) is 17.6 Å². The van der Waals surface area contributed by atoms with Gasteiger partial charge < -0.3 is 31.3 Å². The van der Waals surface area contributed by atoms with Gasteiger partial charge in [0.2, 0.25) is 5.78 Å². The molecule has 0 saturated heterocycles. The summed E-state index contributed by atoms with van der Waals surface area (Å²) in [4.78, 5) is 41.3. The standard InChI is InChI=1S/C26H26N2O8S/c1-9-10-6-7-11(12-5-4-8-37-12)19(29)14(10)20(30)15-13(9)21(31)17-18(28(2)3)22(32)16(25(27)35)24(34)26(17,36)23(15)33/h4-9,13,17-18,21,29-31,34,36H,1-3H3,(H2,27,35). The molecular formula is C26H26N2O8S. The Kier molecular flexibility index (Phi) is 5.61. The van der Waals surface area contributed by atoms with E-state index >= 15 is 0 Å². The highest BCUT2D eigenvalue weighted by molar-refractivity contribution is 7.13. The molecule has 194 valence electrons. The molecule has 3 aliphatic rings. The van der Waals surface area contributed by atoms with Gasteiger partial charge in [0.25, 0.3) is 5.91 Å². The number of nitrogens with zero attached hydrogens (tertiary/aromatic N) is 1. The maximum atomic E-state index is 14.0. The second kappa shape index (κ2) is 8.25. The number of phenolic OH excluding ortho intramolecular Hbond substituents is 1. The van der Waals surface area contributed by atoms with Gasteiger partial charge in [-0.15, -0.1) is 11.3 Å². The smallest absolute Gasteiger partial charge is 0.255 e. The molecule has 0 spiro atoms. The van der Waals surface area contributed by atoms with Gasteiger partial charge in [-0.2, -0.15) is 0 Å². The Labute approximate surface area is 215 Å². The van der Waals surface area contributed by atoms with E-state index in [2.05, 4.69) is 0 Å². The highest BCUT2D eigenvalue weighted by atomic mass is 32.1. The predicted molar refractivity (Wildman–Crippen MR) is 134 cm³/mol. The third-order valence-corrected chi connectivity index (χ3v) is 8.82. The first-order valence-electron chi connectivity index (χ1n) is 11.6. The molecule has 2 aromatic rings. The third-order valence-electron chi connectivity index (χ3n) is 7.92. The maximum Gasteiger partial charge on any atom is 0.255 e. The van der Waals surface area contributed by atoms with Crippen LogP contribution in [0.5, 0.6) is 5.75 Å². The summed E-state index contributed by atoms with van der Waals surface area (Å²) in [6.07, 6.45) is -1.62. The number of fused-ring (bicyclic) bond motifs is 3. The number of carbonyl (C=O) groups excluding carboxylic acids is 3. The minimum absolute atomic E-state index is 0.0260. The van der Waals surface area contributed by atoms with E-state index in [1.54, 1.807) is 31.2 Å².